The molecule has 0 saturated carbocycles. The van der Waals surface area contributed by atoms with Gasteiger partial charge in [-0.3, -0.25) is 14.5 Å². The van der Waals surface area contributed by atoms with Crippen LogP contribution in [0.3, 0.4) is 0 Å². The average Bonchev–Trinajstić information content (AvgIpc) is 2.69. The van der Waals surface area contributed by atoms with Crippen LogP contribution in [0.4, 0.5) is 19.0 Å². The third kappa shape index (κ3) is 4.72. The summed E-state index contributed by atoms with van der Waals surface area (Å²) >= 11 is 0. The van der Waals surface area contributed by atoms with Gasteiger partial charge in [-0.15, -0.1) is 0 Å². The molecule has 2 aromatic rings. The van der Waals surface area contributed by atoms with Crippen LogP contribution in [-0.2, 0) is 4.79 Å². The first-order valence-electron chi connectivity index (χ1n) is 9.85. The predicted molar refractivity (Wildman–Crippen MR) is 107 cm³/mol. The number of nitrogens with one attached hydrogen (secondary N) is 1. The molecule has 0 bridgehead atoms. The Morgan fingerprint density at radius 1 is 1.23 bits per heavy atom. The highest BCUT2D eigenvalue weighted by atomic mass is 19.3. The van der Waals surface area contributed by atoms with E-state index >= 15 is 0 Å². The molecule has 1 saturated heterocycles. The predicted octanol–water partition coefficient (Wildman–Crippen LogP) is 3.42. The summed E-state index contributed by atoms with van der Waals surface area (Å²) in [5.74, 6) is -4.84. The first-order chi connectivity index (χ1) is 14.1. The number of carbonyl (C=O) groups excluding carboxylic acids is 1. The van der Waals surface area contributed by atoms with Gasteiger partial charge in [0.1, 0.15) is 11.6 Å². The Labute approximate surface area is 172 Å². The number of hydrogen-bond donors (Lipinski definition) is 1. The van der Waals surface area contributed by atoms with Crippen LogP contribution in [0.25, 0.3) is 0 Å². The Morgan fingerprint density at radius 2 is 1.97 bits per heavy atom. The number of amides is 1. The maximum Gasteiger partial charge on any atom is 0.257 e. The zero-order chi connectivity index (χ0) is 22.1. The minimum Gasteiger partial charge on any atom is -0.313 e. The molecule has 1 fully saturated rings. The number of carbonyl (C=O) groups is 1. The molecular formula is C21H25F3N4O2. The minimum absolute atomic E-state index is 0.0330. The third-order valence-corrected chi connectivity index (χ3v) is 5.48. The fraction of sp³-hybridized carbons (Fsp3) is 0.476. The van der Waals surface area contributed by atoms with Crippen LogP contribution in [0.5, 0.6) is 0 Å². The summed E-state index contributed by atoms with van der Waals surface area (Å²) in [5.41, 5.74) is 0.120. The zero-order valence-electron chi connectivity index (χ0n) is 17.1. The van der Waals surface area contributed by atoms with Crippen LogP contribution in [0.15, 0.2) is 41.5 Å². The van der Waals surface area contributed by atoms with Crippen LogP contribution in [0.2, 0.25) is 0 Å². The summed E-state index contributed by atoms with van der Waals surface area (Å²) in [5, 5.41) is 2.58. The summed E-state index contributed by atoms with van der Waals surface area (Å²) in [4.78, 5) is 30.0. The summed E-state index contributed by atoms with van der Waals surface area (Å²) in [6.07, 6.45) is 2.08. The average molecular weight is 422 g/mol. The van der Waals surface area contributed by atoms with E-state index in [9.17, 15) is 22.8 Å². The Morgan fingerprint density at radius 3 is 2.60 bits per heavy atom. The van der Waals surface area contributed by atoms with Crippen LogP contribution in [0, 0.1) is 5.82 Å². The summed E-state index contributed by atoms with van der Waals surface area (Å²) < 4.78 is 43.9. The van der Waals surface area contributed by atoms with E-state index in [1.165, 1.54) is 35.0 Å². The van der Waals surface area contributed by atoms with Gasteiger partial charge in [0.25, 0.3) is 11.5 Å². The number of nitrogens with zero attached hydrogens (tertiary/aromatic N) is 3. The molecule has 30 heavy (non-hydrogen) atoms. The van der Waals surface area contributed by atoms with Gasteiger partial charge in [-0.1, -0.05) is 6.07 Å². The van der Waals surface area contributed by atoms with Crippen molar-refractivity contribution in [3.8, 4) is 0 Å². The fourth-order valence-electron chi connectivity index (χ4n) is 3.60. The number of likely N-dealkylation sites (tertiary alicyclic amines) is 1. The molecule has 162 valence electrons. The van der Waals surface area contributed by atoms with Gasteiger partial charge in [0, 0.05) is 37.8 Å². The SMILES string of the molecule is CC(C)n1cc(C2CN([C@@H](C)C(=O)Nc3ccc(F)cn3)CCC2(F)F)ccc1=O. The molecule has 3 rings (SSSR count). The van der Waals surface area contributed by atoms with Gasteiger partial charge in [0.2, 0.25) is 5.91 Å². The molecule has 0 spiro atoms. The van der Waals surface area contributed by atoms with Crippen molar-refractivity contribution in [1.82, 2.24) is 14.5 Å². The normalized spacial score (nSPS) is 20.2. The Bertz CT molecular complexity index is 959. The maximum atomic E-state index is 14.8. The van der Waals surface area contributed by atoms with Crippen molar-refractivity contribution in [2.45, 2.75) is 51.1 Å². The smallest absolute Gasteiger partial charge is 0.257 e. The van der Waals surface area contributed by atoms with Crippen molar-refractivity contribution in [3.63, 3.8) is 0 Å². The molecule has 0 aromatic carbocycles. The molecule has 1 aliphatic heterocycles. The Hall–Kier alpha value is -2.68. The summed E-state index contributed by atoms with van der Waals surface area (Å²) in [7, 11) is 0. The second kappa shape index (κ2) is 8.59. The minimum atomic E-state index is -2.95. The van der Waals surface area contributed by atoms with Gasteiger partial charge in [-0.25, -0.2) is 18.2 Å². The topological polar surface area (TPSA) is 67.2 Å². The number of hydrogen-bond acceptors (Lipinski definition) is 4. The van der Waals surface area contributed by atoms with Gasteiger partial charge < -0.3 is 9.88 Å². The molecule has 2 atom stereocenters. The lowest BCUT2D eigenvalue weighted by Crippen LogP contribution is -2.52. The number of anilines is 1. The van der Waals surface area contributed by atoms with Gasteiger partial charge in [-0.2, -0.15) is 0 Å². The summed E-state index contributed by atoms with van der Waals surface area (Å²) in [6, 6.07) is 4.42. The number of pyridine rings is 2. The van der Waals surface area contributed by atoms with E-state index in [0.717, 1.165) is 6.20 Å². The molecular weight excluding hydrogens is 397 g/mol. The highest BCUT2D eigenvalue weighted by Crippen LogP contribution is 2.40. The number of rotatable bonds is 5. The lowest BCUT2D eigenvalue weighted by molar-refractivity contribution is -0.125. The zero-order valence-corrected chi connectivity index (χ0v) is 17.1. The Kier molecular flexibility index (Phi) is 6.30. The van der Waals surface area contributed by atoms with E-state index < -0.39 is 36.0 Å². The highest BCUT2D eigenvalue weighted by molar-refractivity contribution is 5.93. The fourth-order valence-corrected chi connectivity index (χ4v) is 3.60. The van der Waals surface area contributed by atoms with Crippen molar-refractivity contribution in [2.24, 2.45) is 0 Å². The van der Waals surface area contributed by atoms with Crippen LogP contribution in [0.1, 0.15) is 44.7 Å². The lowest BCUT2D eigenvalue weighted by atomic mass is 9.87. The monoisotopic (exact) mass is 422 g/mol. The second-order valence-electron chi connectivity index (χ2n) is 7.89. The lowest BCUT2D eigenvalue weighted by Gasteiger charge is -2.41. The van der Waals surface area contributed by atoms with Crippen molar-refractivity contribution in [3.05, 3.63) is 58.4 Å². The largest absolute Gasteiger partial charge is 0.313 e. The molecule has 1 unspecified atom stereocenters. The molecule has 0 aliphatic carbocycles. The van der Waals surface area contributed by atoms with Crippen LogP contribution >= 0.6 is 0 Å². The van der Waals surface area contributed by atoms with E-state index in [0.29, 0.717) is 5.56 Å². The molecule has 1 N–H and O–H groups in total. The maximum absolute atomic E-state index is 14.8. The quantitative estimate of drug-likeness (QED) is 0.802. The van der Waals surface area contributed by atoms with E-state index in [1.807, 2.05) is 13.8 Å². The van der Waals surface area contributed by atoms with Gasteiger partial charge in [0.05, 0.1) is 18.2 Å². The molecule has 0 radical (unpaired) electrons. The van der Waals surface area contributed by atoms with Gasteiger partial charge in [0.15, 0.2) is 0 Å². The molecule has 2 aromatic heterocycles. The molecule has 6 nitrogen and oxygen atoms in total. The van der Waals surface area contributed by atoms with Crippen LogP contribution < -0.4 is 10.9 Å². The number of aromatic nitrogens is 2. The molecule has 1 amide bonds. The van der Waals surface area contributed by atoms with E-state index in [4.69, 9.17) is 0 Å². The van der Waals surface area contributed by atoms with Gasteiger partial charge in [-0.05, 0) is 38.5 Å². The number of alkyl halides is 2. The number of halogens is 3. The Balaban J connectivity index is 1.78. The molecule has 1 aliphatic rings. The standard InChI is InChI=1S/C21H25F3N4O2/c1-13(2)28-11-15(4-7-19(28)29)17-12-27(9-8-21(17,23)24)14(3)20(30)26-18-6-5-16(22)10-25-18/h4-7,10-11,13-14,17H,8-9,12H2,1-3H3,(H,25,26,30)/t14-,17?/m0/s1. The van der Waals surface area contributed by atoms with E-state index in [1.54, 1.807) is 11.8 Å². The third-order valence-electron chi connectivity index (χ3n) is 5.48. The van der Waals surface area contributed by atoms with Crippen molar-refractivity contribution >= 4 is 11.7 Å². The molecule has 3 heterocycles. The van der Waals surface area contributed by atoms with E-state index in [-0.39, 0.29) is 30.5 Å². The molecule has 9 heteroatoms. The first-order valence-corrected chi connectivity index (χ1v) is 9.85. The van der Waals surface area contributed by atoms with Crippen molar-refractivity contribution in [1.29, 1.82) is 0 Å². The first kappa shape index (κ1) is 22.0. The van der Waals surface area contributed by atoms with Crippen LogP contribution in [-0.4, -0.2) is 45.4 Å². The van der Waals surface area contributed by atoms with E-state index in [2.05, 4.69) is 10.3 Å². The summed E-state index contributed by atoms with van der Waals surface area (Å²) in [6.45, 7) is 5.28. The van der Waals surface area contributed by atoms with Crippen molar-refractivity contribution < 1.29 is 18.0 Å². The van der Waals surface area contributed by atoms with Gasteiger partial charge >= 0.3 is 0 Å². The highest BCUT2D eigenvalue weighted by Gasteiger charge is 2.46. The second-order valence-corrected chi connectivity index (χ2v) is 7.89. The van der Waals surface area contributed by atoms with Crippen molar-refractivity contribution in [2.75, 3.05) is 18.4 Å². The number of piperidine rings is 1.